The standard InChI is InChI=1S/C17H19NS/c1-11-3-5-13(6-4-11)15-9-14-12(2)18-10-17(7-8-17)16(14)19-15/h3-6,9,12,18H,7-8,10H2,1-2H3. The van der Waals surface area contributed by atoms with E-state index in [2.05, 4.69) is 49.5 Å². The van der Waals surface area contributed by atoms with Crippen molar-refractivity contribution in [2.24, 2.45) is 0 Å². The summed E-state index contributed by atoms with van der Waals surface area (Å²) in [7, 11) is 0. The minimum absolute atomic E-state index is 0.495. The normalized spacial score (nSPS) is 23.4. The summed E-state index contributed by atoms with van der Waals surface area (Å²) in [5.74, 6) is 0. The molecule has 1 nitrogen and oxygen atoms in total. The lowest BCUT2D eigenvalue weighted by Gasteiger charge is -2.27. The van der Waals surface area contributed by atoms with Crippen LogP contribution in [0.3, 0.4) is 0 Å². The molecule has 0 amide bonds. The van der Waals surface area contributed by atoms with Crippen LogP contribution in [-0.2, 0) is 5.41 Å². The molecule has 4 rings (SSSR count). The number of nitrogens with one attached hydrogen (secondary N) is 1. The second-order valence-electron chi connectivity index (χ2n) is 6.14. The van der Waals surface area contributed by atoms with Gasteiger partial charge in [0.1, 0.15) is 0 Å². The summed E-state index contributed by atoms with van der Waals surface area (Å²) >= 11 is 2.03. The average molecular weight is 269 g/mol. The second-order valence-corrected chi connectivity index (χ2v) is 7.20. The molecule has 0 radical (unpaired) electrons. The van der Waals surface area contributed by atoms with Crippen molar-refractivity contribution in [3.8, 4) is 10.4 Å². The van der Waals surface area contributed by atoms with Gasteiger partial charge in [-0.3, -0.25) is 0 Å². The topological polar surface area (TPSA) is 12.0 Å². The highest BCUT2D eigenvalue weighted by Gasteiger charge is 2.49. The van der Waals surface area contributed by atoms with E-state index in [0.717, 1.165) is 0 Å². The molecule has 1 atom stereocenters. The maximum absolute atomic E-state index is 3.67. The quantitative estimate of drug-likeness (QED) is 0.808. The fraction of sp³-hybridized carbons (Fsp3) is 0.412. The number of hydrogen-bond acceptors (Lipinski definition) is 2. The van der Waals surface area contributed by atoms with Crippen LogP contribution in [0.15, 0.2) is 30.3 Å². The number of fused-ring (bicyclic) bond motifs is 2. The molecule has 1 fully saturated rings. The van der Waals surface area contributed by atoms with Gasteiger partial charge in [-0.25, -0.2) is 0 Å². The highest BCUT2D eigenvalue weighted by atomic mass is 32.1. The van der Waals surface area contributed by atoms with Gasteiger partial charge < -0.3 is 5.32 Å². The first-order chi connectivity index (χ1) is 9.18. The summed E-state index contributed by atoms with van der Waals surface area (Å²) in [6.07, 6.45) is 2.74. The third-order valence-electron chi connectivity index (χ3n) is 4.65. The fourth-order valence-electron chi connectivity index (χ4n) is 3.09. The third kappa shape index (κ3) is 1.78. The zero-order valence-electron chi connectivity index (χ0n) is 11.5. The Kier molecular flexibility index (Phi) is 2.42. The van der Waals surface area contributed by atoms with Crippen LogP contribution in [-0.4, -0.2) is 6.54 Å². The largest absolute Gasteiger partial charge is 0.309 e. The van der Waals surface area contributed by atoms with Crippen molar-refractivity contribution in [3.05, 3.63) is 46.3 Å². The van der Waals surface area contributed by atoms with Crippen LogP contribution >= 0.6 is 11.3 Å². The van der Waals surface area contributed by atoms with Gasteiger partial charge in [0.25, 0.3) is 0 Å². The molecular formula is C17H19NS. The van der Waals surface area contributed by atoms with Gasteiger partial charge >= 0.3 is 0 Å². The van der Waals surface area contributed by atoms with Crippen molar-refractivity contribution in [1.82, 2.24) is 5.32 Å². The monoisotopic (exact) mass is 269 g/mol. The van der Waals surface area contributed by atoms with Crippen LogP contribution in [0.25, 0.3) is 10.4 Å². The van der Waals surface area contributed by atoms with Gasteiger partial charge in [-0.1, -0.05) is 29.8 Å². The summed E-state index contributed by atoms with van der Waals surface area (Å²) in [6, 6.07) is 11.9. The molecule has 1 spiro atoms. The molecule has 2 aromatic rings. The Morgan fingerprint density at radius 3 is 2.63 bits per heavy atom. The van der Waals surface area contributed by atoms with Crippen LogP contribution in [0, 0.1) is 6.92 Å². The summed E-state index contributed by atoms with van der Waals surface area (Å²) in [5.41, 5.74) is 4.74. The number of hydrogen-bond donors (Lipinski definition) is 1. The van der Waals surface area contributed by atoms with Crippen LogP contribution < -0.4 is 5.32 Å². The summed E-state index contributed by atoms with van der Waals surface area (Å²) in [5, 5.41) is 3.67. The number of thiophene rings is 1. The highest BCUT2D eigenvalue weighted by Crippen LogP contribution is 2.56. The molecular weight excluding hydrogens is 250 g/mol. The molecule has 1 aliphatic heterocycles. The van der Waals surface area contributed by atoms with E-state index in [1.165, 1.54) is 35.4 Å². The molecule has 2 heterocycles. The van der Waals surface area contributed by atoms with Crippen LogP contribution in [0.2, 0.25) is 0 Å². The maximum atomic E-state index is 3.67. The fourth-order valence-corrected chi connectivity index (χ4v) is 4.60. The second kappa shape index (κ2) is 3.94. The molecule has 1 aromatic heterocycles. The van der Waals surface area contributed by atoms with Crippen LogP contribution in [0.4, 0.5) is 0 Å². The highest BCUT2D eigenvalue weighted by molar-refractivity contribution is 7.15. The van der Waals surface area contributed by atoms with Gasteiger partial charge in [0, 0.05) is 27.8 Å². The molecule has 19 heavy (non-hydrogen) atoms. The Bertz CT molecular complexity index is 619. The Morgan fingerprint density at radius 1 is 1.21 bits per heavy atom. The average Bonchev–Trinajstić information content (AvgIpc) is 3.04. The Labute approximate surface area is 118 Å². The molecule has 0 bridgehead atoms. The minimum atomic E-state index is 0.495. The Balaban J connectivity index is 1.81. The first-order valence-electron chi connectivity index (χ1n) is 7.13. The van der Waals surface area contributed by atoms with Gasteiger partial charge in [0.15, 0.2) is 0 Å². The van der Waals surface area contributed by atoms with Gasteiger partial charge in [0.2, 0.25) is 0 Å². The smallest absolute Gasteiger partial charge is 0.0349 e. The van der Waals surface area contributed by atoms with Crippen molar-refractivity contribution >= 4 is 11.3 Å². The van der Waals surface area contributed by atoms with E-state index in [1.54, 1.807) is 10.4 Å². The van der Waals surface area contributed by atoms with Gasteiger partial charge in [-0.2, -0.15) is 0 Å². The third-order valence-corrected chi connectivity index (χ3v) is 6.09. The molecule has 0 saturated heterocycles. The molecule has 2 heteroatoms. The molecule has 1 unspecified atom stereocenters. The van der Waals surface area contributed by atoms with Crippen molar-refractivity contribution in [2.75, 3.05) is 6.54 Å². The van der Waals surface area contributed by atoms with Crippen molar-refractivity contribution in [3.63, 3.8) is 0 Å². The van der Waals surface area contributed by atoms with Gasteiger partial charge in [-0.05, 0) is 43.9 Å². The lowest BCUT2D eigenvalue weighted by molar-refractivity contribution is 0.474. The molecule has 1 aromatic carbocycles. The predicted molar refractivity (Wildman–Crippen MR) is 81.8 cm³/mol. The van der Waals surface area contributed by atoms with E-state index in [1.807, 2.05) is 11.3 Å². The lowest BCUT2D eigenvalue weighted by atomic mass is 9.92. The van der Waals surface area contributed by atoms with Crippen molar-refractivity contribution in [2.45, 2.75) is 38.1 Å². The zero-order valence-corrected chi connectivity index (χ0v) is 12.3. The van der Waals surface area contributed by atoms with E-state index in [9.17, 15) is 0 Å². The maximum Gasteiger partial charge on any atom is 0.0349 e. The summed E-state index contributed by atoms with van der Waals surface area (Å²) < 4.78 is 0. The predicted octanol–water partition coefficient (Wildman–Crippen LogP) is 4.42. The Morgan fingerprint density at radius 2 is 1.95 bits per heavy atom. The van der Waals surface area contributed by atoms with Crippen LogP contribution in [0.1, 0.15) is 41.8 Å². The van der Waals surface area contributed by atoms with E-state index in [0.29, 0.717) is 11.5 Å². The first-order valence-corrected chi connectivity index (χ1v) is 7.94. The zero-order chi connectivity index (χ0) is 13.0. The number of benzene rings is 1. The van der Waals surface area contributed by atoms with Crippen LogP contribution in [0.5, 0.6) is 0 Å². The number of rotatable bonds is 1. The van der Waals surface area contributed by atoms with E-state index in [-0.39, 0.29) is 0 Å². The van der Waals surface area contributed by atoms with Crippen molar-refractivity contribution in [1.29, 1.82) is 0 Å². The first kappa shape index (κ1) is 11.7. The van der Waals surface area contributed by atoms with Crippen molar-refractivity contribution < 1.29 is 0 Å². The van der Waals surface area contributed by atoms with Gasteiger partial charge in [0.05, 0.1) is 0 Å². The summed E-state index contributed by atoms with van der Waals surface area (Å²) in [6.45, 7) is 5.61. The molecule has 1 aliphatic carbocycles. The lowest BCUT2D eigenvalue weighted by Crippen LogP contribution is -2.34. The SMILES string of the molecule is Cc1ccc(-c2cc3c(s2)C2(CC2)CNC3C)cc1. The molecule has 1 saturated carbocycles. The molecule has 1 N–H and O–H groups in total. The molecule has 2 aliphatic rings. The van der Waals surface area contributed by atoms with E-state index < -0.39 is 0 Å². The van der Waals surface area contributed by atoms with E-state index in [4.69, 9.17) is 0 Å². The molecule has 98 valence electrons. The number of aryl methyl sites for hydroxylation is 1. The Hall–Kier alpha value is -1.12. The van der Waals surface area contributed by atoms with E-state index >= 15 is 0 Å². The minimum Gasteiger partial charge on any atom is -0.309 e. The summed E-state index contributed by atoms with van der Waals surface area (Å²) in [4.78, 5) is 3.10. The van der Waals surface area contributed by atoms with Gasteiger partial charge in [-0.15, -0.1) is 11.3 Å².